The summed E-state index contributed by atoms with van der Waals surface area (Å²) in [5.74, 6) is -0.735. The predicted molar refractivity (Wildman–Crippen MR) is 59.2 cm³/mol. The summed E-state index contributed by atoms with van der Waals surface area (Å²) in [6.45, 7) is 1.02. The van der Waals surface area contributed by atoms with Crippen LogP contribution in [-0.4, -0.2) is 17.6 Å². The zero-order chi connectivity index (χ0) is 10.7. The molecule has 0 spiro atoms. The average molecular weight is 205 g/mol. The lowest BCUT2D eigenvalue weighted by Gasteiger charge is -2.18. The third-order valence-electron chi connectivity index (χ3n) is 2.74. The minimum absolute atomic E-state index is 0.207. The quantitative estimate of drug-likeness (QED) is 0.794. The molecule has 1 aromatic carbocycles. The number of carboxylic acid groups (broad SMARTS) is 1. The van der Waals surface area contributed by atoms with Crippen molar-refractivity contribution in [3.05, 3.63) is 29.3 Å². The summed E-state index contributed by atoms with van der Waals surface area (Å²) in [5.41, 5.74) is 3.63. The first-order valence-electron chi connectivity index (χ1n) is 5.33. The van der Waals surface area contributed by atoms with Crippen LogP contribution < -0.4 is 5.32 Å². The topological polar surface area (TPSA) is 49.3 Å². The Bertz CT molecular complexity index is 374. The number of nitrogens with one attached hydrogen (secondary N) is 1. The van der Waals surface area contributed by atoms with Crippen LogP contribution >= 0.6 is 0 Å². The molecule has 1 heterocycles. The van der Waals surface area contributed by atoms with Gasteiger partial charge in [-0.3, -0.25) is 4.79 Å². The number of aryl methyl sites for hydroxylation is 2. The van der Waals surface area contributed by atoms with E-state index in [0.29, 0.717) is 6.42 Å². The number of hydrogen-bond acceptors (Lipinski definition) is 2. The largest absolute Gasteiger partial charge is 0.481 e. The van der Waals surface area contributed by atoms with Crippen molar-refractivity contribution in [1.29, 1.82) is 0 Å². The zero-order valence-electron chi connectivity index (χ0n) is 8.62. The van der Waals surface area contributed by atoms with Gasteiger partial charge in [-0.25, -0.2) is 0 Å². The summed E-state index contributed by atoms with van der Waals surface area (Å²) in [5, 5.41) is 11.9. The second-order valence-corrected chi connectivity index (χ2v) is 3.92. The van der Waals surface area contributed by atoms with Gasteiger partial charge in [0.15, 0.2) is 0 Å². The average Bonchev–Trinajstić information content (AvgIpc) is 2.26. The van der Waals surface area contributed by atoms with E-state index in [1.165, 1.54) is 17.7 Å². The highest BCUT2D eigenvalue weighted by atomic mass is 16.4. The first kappa shape index (κ1) is 10.0. The second kappa shape index (κ2) is 4.34. The number of hydrogen-bond donors (Lipinski definition) is 2. The summed E-state index contributed by atoms with van der Waals surface area (Å²) < 4.78 is 0. The molecular formula is C12H15NO2. The number of aliphatic carboxylic acids is 1. The van der Waals surface area contributed by atoms with Crippen molar-refractivity contribution in [2.45, 2.75) is 25.7 Å². The molecule has 2 N–H and O–H groups in total. The van der Waals surface area contributed by atoms with E-state index in [1.807, 2.05) is 6.07 Å². The molecule has 1 aliphatic heterocycles. The first-order valence-corrected chi connectivity index (χ1v) is 5.33. The Balaban J connectivity index is 2.10. The molecule has 0 amide bonds. The maximum absolute atomic E-state index is 10.4. The molecule has 1 aromatic rings. The van der Waals surface area contributed by atoms with Crippen LogP contribution in [-0.2, 0) is 17.6 Å². The maximum atomic E-state index is 10.4. The van der Waals surface area contributed by atoms with Crippen molar-refractivity contribution in [3.8, 4) is 0 Å². The van der Waals surface area contributed by atoms with Crippen LogP contribution in [0.2, 0.25) is 0 Å². The predicted octanol–water partition coefficient (Wildman–Crippen LogP) is 2.06. The molecule has 0 unspecified atom stereocenters. The molecule has 0 fully saturated rings. The van der Waals surface area contributed by atoms with Crippen LogP contribution in [0, 0.1) is 0 Å². The van der Waals surface area contributed by atoms with E-state index < -0.39 is 5.97 Å². The number of carboxylic acids is 1. The SMILES string of the molecule is O=C(O)CCc1ccc2c(c1)NCCC2. The van der Waals surface area contributed by atoms with E-state index in [9.17, 15) is 4.79 Å². The Morgan fingerprint density at radius 2 is 2.33 bits per heavy atom. The van der Waals surface area contributed by atoms with Crippen molar-refractivity contribution in [3.63, 3.8) is 0 Å². The Morgan fingerprint density at radius 3 is 3.13 bits per heavy atom. The second-order valence-electron chi connectivity index (χ2n) is 3.92. The van der Waals surface area contributed by atoms with Crippen LogP contribution in [0.25, 0.3) is 0 Å². The standard InChI is InChI=1S/C12H15NO2/c14-12(15)6-4-9-3-5-10-2-1-7-13-11(10)8-9/h3,5,8,13H,1-2,4,6-7H2,(H,14,15). The molecule has 3 nitrogen and oxygen atoms in total. The molecule has 0 radical (unpaired) electrons. The van der Waals surface area contributed by atoms with Gasteiger partial charge < -0.3 is 10.4 Å². The monoisotopic (exact) mass is 205 g/mol. The summed E-state index contributed by atoms with van der Waals surface area (Å²) >= 11 is 0. The first-order chi connectivity index (χ1) is 7.25. The van der Waals surface area contributed by atoms with E-state index in [2.05, 4.69) is 17.4 Å². The van der Waals surface area contributed by atoms with Gasteiger partial charge in [-0.1, -0.05) is 12.1 Å². The van der Waals surface area contributed by atoms with Crippen molar-refractivity contribution in [2.75, 3.05) is 11.9 Å². The third kappa shape index (κ3) is 2.49. The van der Waals surface area contributed by atoms with E-state index in [4.69, 9.17) is 5.11 Å². The summed E-state index contributed by atoms with van der Waals surface area (Å²) in [6, 6.07) is 6.23. The molecule has 2 rings (SSSR count). The molecule has 1 aliphatic rings. The fourth-order valence-corrected chi connectivity index (χ4v) is 1.91. The highest BCUT2D eigenvalue weighted by Crippen LogP contribution is 2.23. The van der Waals surface area contributed by atoms with Gasteiger partial charge in [0.1, 0.15) is 0 Å². The summed E-state index contributed by atoms with van der Waals surface area (Å²) in [4.78, 5) is 10.4. The molecule has 0 bridgehead atoms. The number of carbonyl (C=O) groups is 1. The van der Waals surface area contributed by atoms with E-state index in [0.717, 1.165) is 18.5 Å². The molecule has 0 atom stereocenters. The molecule has 0 aromatic heterocycles. The van der Waals surface area contributed by atoms with Gasteiger partial charge in [-0.05, 0) is 36.5 Å². The lowest BCUT2D eigenvalue weighted by molar-refractivity contribution is -0.136. The lowest BCUT2D eigenvalue weighted by atomic mass is 9.99. The van der Waals surface area contributed by atoms with Crippen LogP contribution in [0.5, 0.6) is 0 Å². The number of fused-ring (bicyclic) bond motifs is 1. The van der Waals surface area contributed by atoms with E-state index in [-0.39, 0.29) is 6.42 Å². The molecule has 0 saturated heterocycles. The Morgan fingerprint density at radius 1 is 1.47 bits per heavy atom. The van der Waals surface area contributed by atoms with Gasteiger partial charge >= 0.3 is 5.97 Å². The van der Waals surface area contributed by atoms with Crippen LogP contribution in [0.15, 0.2) is 18.2 Å². The van der Waals surface area contributed by atoms with Gasteiger partial charge in [0.05, 0.1) is 0 Å². The van der Waals surface area contributed by atoms with E-state index >= 15 is 0 Å². The third-order valence-corrected chi connectivity index (χ3v) is 2.74. The van der Waals surface area contributed by atoms with Gasteiger partial charge in [-0.2, -0.15) is 0 Å². The highest BCUT2D eigenvalue weighted by Gasteiger charge is 2.08. The lowest BCUT2D eigenvalue weighted by Crippen LogP contribution is -2.11. The molecule has 80 valence electrons. The Labute approximate surface area is 89.1 Å². The smallest absolute Gasteiger partial charge is 0.303 e. The zero-order valence-corrected chi connectivity index (χ0v) is 8.62. The van der Waals surface area contributed by atoms with Crippen LogP contribution in [0.4, 0.5) is 5.69 Å². The van der Waals surface area contributed by atoms with Crippen molar-refractivity contribution in [2.24, 2.45) is 0 Å². The minimum Gasteiger partial charge on any atom is -0.481 e. The number of rotatable bonds is 3. The van der Waals surface area contributed by atoms with Gasteiger partial charge in [-0.15, -0.1) is 0 Å². The van der Waals surface area contributed by atoms with Crippen LogP contribution in [0.3, 0.4) is 0 Å². The van der Waals surface area contributed by atoms with Crippen molar-refractivity contribution < 1.29 is 9.90 Å². The number of anilines is 1. The van der Waals surface area contributed by atoms with Gasteiger partial charge in [0.25, 0.3) is 0 Å². The fourth-order valence-electron chi connectivity index (χ4n) is 1.91. The van der Waals surface area contributed by atoms with Gasteiger partial charge in [0, 0.05) is 18.7 Å². The molecule has 15 heavy (non-hydrogen) atoms. The molecular weight excluding hydrogens is 190 g/mol. The maximum Gasteiger partial charge on any atom is 0.303 e. The molecule has 0 saturated carbocycles. The Kier molecular flexibility index (Phi) is 2.90. The van der Waals surface area contributed by atoms with E-state index in [1.54, 1.807) is 0 Å². The Hall–Kier alpha value is -1.51. The fraction of sp³-hybridized carbons (Fsp3) is 0.417. The summed E-state index contributed by atoms with van der Waals surface area (Å²) in [7, 11) is 0. The number of benzene rings is 1. The highest BCUT2D eigenvalue weighted by molar-refractivity contribution is 5.67. The van der Waals surface area contributed by atoms with Crippen molar-refractivity contribution >= 4 is 11.7 Å². The summed E-state index contributed by atoms with van der Waals surface area (Å²) in [6.07, 6.45) is 3.13. The molecule has 0 aliphatic carbocycles. The van der Waals surface area contributed by atoms with Gasteiger partial charge in [0.2, 0.25) is 0 Å². The van der Waals surface area contributed by atoms with Crippen molar-refractivity contribution in [1.82, 2.24) is 0 Å². The van der Waals surface area contributed by atoms with Crippen LogP contribution in [0.1, 0.15) is 24.0 Å². The molecule has 3 heteroatoms. The minimum atomic E-state index is -0.735. The normalized spacial score (nSPS) is 14.1.